The van der Waals surface area contributed by atoms with E-state index in [1.165, 1.54) is 18.4 Å². The molecule has 0 saturated heterocycles. The summed E-state index contributed by atoms with van der Waals surface area (Å²) in [6.45, 7) is 16.2. The Labute approximate surface area is 90.8 Å². The van der Waals surface area contributed by atoms with E-state index < -0.39 is 0 Å². The molecule has 14 heavy (non-hydrogen) atoms. The van der Waals surface area contributed by atoms with E-state index in [9.17, 15) is 0 Å². The maximum atomic E-state index is 2.40. The van der Waals surface area contributed by atoms with Gasteiger partial charge in [-0.15, -0.1) is 0 Å². The Hall–Kier alpha value is -0.260. The molecule has 0 radical (unpaired) electrons. The Morgan fingerprint density at radius 3 is 1.79 bits per heavy atom. The van der Waals surface area contributed by atoms with Gasteiger partial charge in [-0.3, -0.25) is 0 Å². The van der Waals surface area contributed by atoms with Crippen molar-refractivity contribution in [1.29, 1.82) is 0 Å². The molecule has 0 N–H and O–H groups in total. The van der Waals surface area contributed by atoms with Crippen LogP contribution >= 0.6 is 0 Å². The molecule has 0 heteroatoms. The van der Waals surface area contributed by atoms with Crippen LogP contribution < -0.4 is 0 Å². The van der Waals surface area contributed by atoms with Crippen molar-refractivity contribution in [2.75, 3.05) is 0 Å². The highest BCUT2D eigenvalue weighted by atomic mass is 14.3. The van der Waals surface area contributed by atoms with Gasteiger partial charge in [0.15, 0.2) is 0 Å². The van der Waals surface area contributed by atoms with E-state index in [2.05, 4.69) is 48.5 Å². The quantitative estimate of drug-likeness (QED) is 0.540. The van der Waals surface area contributed by atoms with Gasteiger partial charge in [0.2, 0.25) is 0 Å². The average molecular weight is 196 g/mol. The third-order valence-corrected chi connectivity index (χ3v) is 3.63. The van der Waals surface area contributed by atoms with Gasteiger partial charge < -0.3 is 0 Å². The van der Waals surface area contributed by atoms with Crippen LogP contribution in [0, 0.1) is 17.8 Å². The Bertz CT molecular complexity index is 182. The zero-order chi connectivity index (χ0) is 11.3. The van der Waals surface area contributed by atoms with Crippen molar-refractivity contribution < 1.29 is 0 Å². The molecule has 0 saturated carbocycles. The lowest BCUT2D eigenvalue weighted by Crippen LogP contribution is -2.18. The van der Waals surface area contributed by atoms with Gasteiger partial charge >= 0.3 is 0 Å². The van der Waals surface area contributed by atoms with Crippen molar-refractivity contribution in [1.82, 2.24) is 0 Å². The predicted octanol–water partition coefficient (Wildman–Crippen LogP) is 5.05. The van der Waals surface area contributed by atoms with E-state index >= 15 is 0 Å². The number of hydrogen-bond acceptors (Lipinski definition) is 0. The van der Waals surface area contributed by atoms with Crippen LogP contribution in [0.5, 0.6) is 0 Å². The summed E-state index contributed by atoms with van der Waals surface area (Å²) in [7, 11) is 0. The first kappa shape index (κ1) is 13.7. The van der Waals surface area contributed by atoms with Crippen molar-refractivity contribution in [3.05, 3.63) is 11.1 Å². The first-order valence-corrected chi connectivity index (χ1v) is 6.05. The molecule has 2 atom stereocenters. The highest BCUT2D eigenvalue weighted by Gasteiger charge is 2.21. The summed E-state index contributed by atoms with van der Waals surface area (Å²) in [5.74, 6) is 2.40. The lowest BCUT2D eigenvalue weighted by atomic mass is 9.77. The minimum absolute atomic E-state index is 0.792. The lowest BCUT2D eigenvalue weighted by molar-refractivity contribution is 0.294. The van der Waals surface area contributed by atoms with E-state index in [1.807, 2.05) is 0 Å². The molecular formula is C14H28. The molecule has 0 aromatic heterocycles. The second-order valence-electron chi connectivity index (χ2n) is 5.18. The summed E-state index contributed by atoms with van der Waals surface area (Å²) < 4.78 is 0. The second-order valence-corrected chi connectivity index (χ2v) is 5.18. The van der Waals surface area contributed by atoms with Crippen LogP contribution in [-0.2, 0) is 0 Å². The Balaban J connectivity index is 4.68. The second kappa shape index (κ2) is 6.27. The summed E-state index contributed by atoms with van der Waals surface area (Å²) >= 11 is 0. The van der Waals surface area contributed by atoms with Crippen LogP contribution in [0.4, 0.5) is 0 Å². The van der Waals surface area contributed by atoms with Gasteiger partial charge in [-0.1, -0.05) is 45.3 Å². The monoisotopic (exact) mass is 196 g/mol. The maximum Gasteiger partial charge on any atom is -0.0175 e. The first-order chi connectivity index (χ1) is 6.41. The predicted molar refractivity (Wildman–Crippen MR) is 66.4 cm³/mol. The normalized spacial score (nSPS) is 15.4. The summed E-state index contributed by atoms with van der Waals surface area (Å²) in [6.07, 6.45) is 2.64. The molecule has 0 rings (SSSR count). The minimum Gasteiger partial charge on any atom is -0.0772 e. The summed E-state index contributed by atoms with van der Waals surface area (Å²) in [5, 5.41) is 0. The summed E-state index contributed by atoms with van der Waals surface area (Å²) in [4.78, 5) is 0. The van der Waals surface area contributed by atoms with Gasteiger partial charge in [-0.25, -0.2) is 0 Å². The van der Waals surface area contributed by atoms with Crippen molar-refractivity contribution in [2.24, 2.45) is 17.8 Å². The van der Waals surface area contributed by atoms with E-state index in [1.54, 1.807) is 5.57 Å². The van der Waals surface area contributed by atoms with Crippen LogP contribution in [0.25, 0.3) is 0 Å². The van der Waals surface area contributed by atoms with Crippen LogP contribution in [0.3, 0.4) is 0 Å². The molecule has 0 heterocycles. The van der Waals surface area contributed by atoms with E-state index in [-0.39, 0.29) is 0 Å². The first-order valence-electron chi connectivity index (χ1n) is 6.05. The van der Waals surface area contributed by atoms with Crippen LogP contribution in [0.2, 0.25) is 0 Å². The van der Waals surface area contributed by atoms with Crippen LogP contribution in [0.15, 0.2) is 11.1 Å². The zero-order valence-corrected chi connectivity index (χ0v) is 11.1. The zero-order valence-electron chi connectivity index (χ0n) is 11.1. The Morgan fingerprint density at radius 1 is 1.00 bits per heavy atom. The van der Waals surface area contributed by atoms with Gasteiger partial charge in [-0.2, -0.15) is 0 Å². The van der Waals surface area contributed by atoms with Crippen molar-refractivity contribution >= 4 is 0 Å². The molecule has 2 unspecified atom stereocenters. The molecular weight excluding hydrogens is 168 g/mol. The van der Waals surface area contributed by atoms with Gasteiger partial charge in [0.25, 0.3) is 0 Å². The molecule has 0 amide bonds. The molecule has 0 bridgehead atoms. The maximum absolute atomic E-state index is 2.40. The third-order valence-electron chi connectivity index (χ3n) is 3.63. The van der Waals surface area contributed by atoms with E-state index in [0.29, 0.717) is 0 Å². The van der Waals surface area contributed by atoms with Crippen LogP contribution in [-0.4, -0.2) is 0 Å². The summed E-state index contributed by atoms with van der Waals surface area (Å²) in [5.41, 5.74) is 3.13. The smallest absolute Gasteiger partial charge is 0.0175 e. The van der Waals surface area contributed by atoms with E-state index in [0.717, 1.165) is 17.8 Å². The number of hydrogen-bond donors (Lipinski definition) is 0. The highest BCUT2D eigenvalue weighted by Crippen LogP contribution is 2.31. The van der Waals surface area contributed by atoms with Crippen LogP contribution in [0.1, 0.15) is 61.3 Å². The van der Waals surface area contributed by atoms with Gasteiger partial charge in [0.1, 0.15) is 0 Å². The SMILES string of the molecule is CCCC(C(C)=C(C)C)C(C)C(C)C. The lowest BCUT2D eigenvalue weighted by Gasteiger charge is -2.28. The fraction of sp³-hybridized carbons (Fsp3) is 0.857. The molecule has 0 aromatic carbocycles. The standard InChI is InChI=1S/C14H28/c1-8-9-14(12(6)10(2)3)13(7)11(4)5/h10,12,14H,8-9H2,1-7H3. The molecule has 84 valence electrons. The van der Waals surface area contributed by atoms with Crippen molar-refractivity contribution in [2.45, 2.75) is 61.3 Å². The average Bonchev–Trinajstić information content (AvgIpc) is 2.11. The molecule has 0 aliphatic carbocycles. The molecule has 0 nitrogen and oxygen atoms in total. The minimum atomic E-state index is 0.792. The molecule has 0 spiro atoms. The fourth-order valence-corrected chi connectivity index (χ4v) is 2.02. The van der Waals surface area contributed by atoms with Gasteiger partial charge in [0.05, 0.1) is 0 Å². The molecule has 0 fully saturated rings. The topological polar surface area (TPSA) is 0 Å². The largest absolute Gasteiger partial charge is 0.0772 e. The summed E-state index contributed by atoms with van der Waals surface area (Å²) in [6, 6.07) is 0. The molecule has 0 aliphatic rings. The Morgan fingerprint density at radius 2 is 1.50 bits per heavy atom. The fourth-order valence-electron chi connectivity index (χ4n) is 2.02. The third kappa shape index (κ3) is 3.86. The number of allylic oxidation sites excluding steroid dienone is 2. The molecule has 0 aliphatic heterocycles. The Kier molecular flexibility index (Phi) is 6.15. The van der Waals surface area contributed by atoms with E-state index in [4.69, 9.17) is 0 Å². The van der Waals surface area contributed by atoms with Gasteiger partial charge in [0, 0.05) is 0 Å². The highest BCUT2D eigenvalue weighted by molar-refractivity contribution is 5.11. The van der Waals surface area contributed by atoms with Gasteiger partial charge in [-0.05, 0) is 44.9 Å². The van der Waals surface area contributed by atoms with Crippen molar-refractivity contribution in [3.8, 4) is 0 Å². The number of rotatable bonds is 5. The van der Waals surface area contributed by atoms with Crippen molar-refractivity contribution in [3.63, 3.8) is 0 Å². The molecule has 0 aromatic rings.